The highest BCUT2D eigenvalue weighted by Gasteiger charge is 2.26. The van der Waals surface area contributed by atoms with Gasteiger partial charge in [-0.05, 0) is 49.6 Å². The van der Waals surface area contributed by atoms with Gasteiger partial charge in [-0.15, -0.1) is 0 Å². The third kappa shape index (κ3) is 3.34. The molecule has 136 valence electrons. The molecule has 0 bridgehead atoms. The minimum Gasteiger partial charge on any atom is -0.493 e. The van der Waals surface area contributed by atoms with Crippen LogP contribution in [0.5, 0.6) is 11.5 Å². The van der Waals surface area contributed by atoms with Crippen molar-refractivity contribution in [1.82, 2.24) is 5.32 Å². The maximum Gasteiger partial charge on any atom is 0.319 e. The van der Waals surface area contributed by atoms with Crippen LogP contribution in [-0.4, -0.2) is 25.8 Å². The Hall–Kier alpha value is -2.69. The molecule has 0 saturated carbocycles. The van der Waals surface area contributed by atoms with Gasteiger partial charge in [0, 0.05) is 41.8 Å². The number of ether oxygens (including phenoxy) is 2. The van der Waals surface area contributed by atoms with Crippen molar-refractivity contribution >= 4 is 11.7 Å². The molecule has 26 heavy (non-hydrogen) atoms. The number of anilines is 1. The number of urea groups is 1. The van der Waals surface area contributed by atoms with Gasteiger partial charge in [0.15, 0.2) is 0 Å². The summed E-state index contributed by atoms with van der Waals surface area (Å²) in [6.07, 6.45) is 2.59. The highest BCUT2D eigenvalue weighted by Crippen LogP contribution is 2.40. The van der Waals surface area contributed by atoms with Crippen molar-refractivity contribution in [2.24, 2.45) is 0 Å². The molecule has 0 aromatic heterocycles. The van der Waals surface area contributed by atoms with Gasteiger partial charge in [-0.2, -0.15) is 0 Å². The summed E-state index contributed by atoms with van der Waals surface area (Å²) >= 11 is 0. The van der Waals surface area contributed by atoms with Gasteiger partial charge in [0.1, 0.15) is 11.5 Å². The molecule has 4 rings (SSSR count). The van der Waals surface area contributed by atoms with Crippen LogP contribution in [0.15, 0.2) is 24.3 Å². The third-order valence-electron chi connectivity index (χ3n) is 4.90. The van der Waals surface area contributed by atoms with E-state index in [2.05, 4.69) is 22.8 Å². The van der Waals surface area contributed by atoms with Crippen LogP contribution in [-0.2, 0) is 19.3 Å². The average molecular weight is 352 g/mol. The highest BCUT2D eigenvalue weighted by atomic mass is 16.5. The van der Waals surface area contributed by atoms with Gasteiger partial charge in [0.25, 0.3) is 0 Å². The number of hydrogen-bond acceptors (Lipinski definition) is 3. The van der Waals surface area contributed by atoms with Gasteiger partial charge in [-0.3, -0.25) is 0 Å². The molecule has 5 nitrogen and oxygen atoms in total. The smallest absolute Gasteiger partial charge is 0.319 e. The number of amides is 2. The van der Waals surface area contributed by atoms with Gasteiger partial charge >= 0.3 is 6.03 Å². The number of benzene rings is 2. The van der Waals surface area contributed by atoms with E-state index in [1.54, 1.807) is 0 Å². The largest absolute Gasteiger partial charge is 0.493 e. The molecular weight excluding hydrogens is 328 g/mol. The van der Waals surface area contributed by atoms with E-state index in [-0.39, 0.29) is 6.03 Å². The molecule has 0 aliphatic carbocycles. The second-order valence-corrected chi connectivity index (χ2v) is 7.02. The predicted octanol–water partition coefficient (Wildman–Crippen LogP) is 3.54. The first-order valence-corrected chi connectivity index (χ1v) is 9.16. The van der Waals surface area contributed by atoms with E-state index in [1.807, 2.05) is 26.0 Å². The second kappa shape index (κ2) is 6.90. The highest BCUT2D eigenvalue weighted by molar-refractivity contribution is 5.89. The van der Waals surface area contributed by atoms with Gasteiger partial charge in [0.05, 0.1) is 13.2 Å². The first-order chi connectivity index (χ1) is 12.6. The van der Waals surface area contributed by atoms with E-state index >= 15 is 0 Å². The molecule has 2 N–H and O–H groups in total. The Morgan fingerprint density at radius 3 is 2.62 bits per heavy atom. The Balaban J connectivity index is 1.40. The fourth-order valence-electron chi connectivity index (χ4n) is 3.87. The number of aryl methyl sites for hydroxylation is 2. The fourth-order valence-corrected chi connectivity index (χ4v) is 3.87. The van der Waals surface area contributed by atoms with Gasteiger partial charge in [0.2, 0.25) is 0 Å². The van der Waals surface area contributed by atoms with Crippen LogP contribution in [0.4, 0.5) is 10.5 Å². The lowest BCUT2D eigenvalue weighted by Gasteiger charge is -2.14. The summed E-state index contributed by atoms with van der Waals surface area (Å²) in [6, 6.07) is 7.95. The molecule has 0 atom stereocenters. The van der Waals surface area contributed by atoms with E-state index in [0.29, 0.717) is 6.54 Å². The van der Waals surface area contributed by atoms with Crippen LogP contribution >= 0.6 is 0 Å². The molecule has 2 aliphatic heterocycles. The van der Waals surface area contributed by atoms with Crippen molar-refractivity contribution in [3.05, 3.63) is 52.1 Å². The van der Waals surface area contributed by atoms with Gasteiger partial charge in [-0.1, -0.05) is 6.07 Å². The number of carbonyl (C=O) groups is 1. The normalized spacial score (nSPS) is 14.2. The molecule has 2 amide bonds. The van der Waals surface area contributed by atoms with Crippen molar-refractivity contribution in [3.63, 3.8) is 0 Å². The standard InChI is InChI=1S/C21H24N2O3/c1-13-9-14(2)11-16(10-13)23-21(24)22-6-3-18-17-5-8-25-19(17)12-15-4-7-26-20(15)18/h9-12H,3-8H2,1-2H3,(H2,22,23,24). The maximum absolute atomic E-state index is 12.2. The molecule has 0 fully saturated rings. The van der Waals surface area contributed by atoms with Crippen molar-refractivity contribution in [2.45, 2.75) is 33.1 Å². The molecule has 0 spiro atoms. The van der Waals surface area contributed by atoms with Crippen LogP contribution in [0.2, 0.25) is 0 Å². The number of nitrogens with one attached hydrogen (secondary N) is 2. The maximum atomic E-state index is 12.2. The predicted molar refractivity (Wildman–Crippen MR) is 101 cm³/mol. The Morgan fingerprint density at radius 1 is 1.04 bits per heavy atom. The number of fused-ring (bicyclic) bond motifs is 2. The fraction of sp³-hybridized carbons (Fsp3) is 0.381. The van der Waals surface area contributed by atoms with E-state index in [9.17, 15) is 4.79 Å². The quantitative estimate of drug-likeness (QED) is 0.885. The van der Waals surface area contributed by atoms with Crippen LogP contribution in [0.1, 0.15) is 27.8 Å². The first-order valence-electron chi connectivity index (χ1n) is 9.16. The van der Waals surface area contributed by atoms with E-state index < -0.39 is 0 Å². The third-order valence-corrected chi connectivity index (χ3v) is 4.90. The zero-order valence-electron chi connectivity index (χ0n) is 15.3. The molecule has 2 aliphatic rings. The summed E-state index contributed by atoms with van der Waals surface area (Å²) in [5, 5.41) is 5.86. The second-order valence-electron chi connectivity index (χ2n) is 7.02. The van der Waals surface area contributed by atoms with Crippen molar-refractivity contribution in [3.8, 4) is 11.5 Å². The summed E-state index contributed by atoms with van der Waals surface area (Å²) in [4.78, 5) is 12.2. The Kier molecular flexibility index (Phi) is 4.45. The summed E-state index contributed by atoms with van der Waals surface area (Å²) in [7, 11) is 0. The molecule has 5 heteroatoms. The number of rotatable bonds is 4. The van der Waals surface area contributed by atoms with Crippen LogP contribution in [0.25, 0.3) is 0 Å². The molecule has 0 saturated heterocycles. The van der Waals surface area contributed by atoms with E-state index in [0.717, 1.165) is 60.8 Å². The lowest BCUT2D eigenvalue weighted by molar-refractivity contribution is 0.252. The zero-order chi connectivity index (χ0) is 18.1. The SMILES string of the molecule is Cc1cc(C)cc(NC(=O)NCCc2c3c(cc4c2OCC4)OCC3)c1. The molecule has 0 unspecified atom stereocenters. The Bertz CT molecular complexity index is 808. The lowest BCUT2D eigenvalue weighted by atomic mass is 9.97. The molecule has 2 heterocycles. The van der Waals surface area contributed by atoms with Crippen molar-refractivity contribution in [2.75, 3.05) is 25.1 Å². The number of carbonyl (C=O) groups excluding carboxylic acids is 1. The summed E-state index contributed by atoms with van der Waals surface area (Å²) < 4.78 is 11.6. The van der Waals surface area contributed by atoms with Gasteiger partial charge < -0.3 is 20.1 Å². The van der Waals surface area contributed by atoms with Crippen LogP contribution in [0, 0.1) is 13.8 Å². The number of hydrogen-bond donors (Lipinski definition) is 2. The van der Waals surface area contributed by atoms with Crippen LogP contribution in [0.3, 0.4) is 0 Å². The van der Waals surface area contributed by atoms with Gasteiger partial charge in [-0.25, -0.2) is 4.79 Å². The monoisotopic (exact) mass is 352 g/mol. The zero-order valence-corrected chi connectivity index (χ0v) is 15.3. The average Bonchev–Trinajstić information content (AvgIpc) is 3.21. The summed E-state index contributed by atoms with van der Waals surface area (Å²) in [6.45, 7) is 6.06. The van der Waals surface area contributed by atoms with E-state index in [1.165, 1.54) is 16.7 Å². The Morgan fingerprint density at radius 2 is 1.81 bits per heavy atom. The summed E-state index contributed by atoms with van der Waals surface area (Å²) in [5.74, 6) is 2.00. The molecule has 2 aromatic carbocycles. The Labute approximate surface area is 153 Å². The molecular formula is C21H24N2O3. The minimum absolute atomic E-state index is 0.184. The van der Waals surface area contributed by atoms with Crippen molar-refractivity contribution in [1.29, 1.82) is 0 Å². The molecule has 2 aromatic rings. The summed E-state index contributed by atoms with van der Waals surface area (Å²) in [5.41, 5.74) is 6.74. The molecule has 0 radical (unpaired) electrons. The first kappa shape index (κ1) is 16.8. The topological polar surface area (TPSA) is 59.6 Å². The minimum atomic E-state index is -0.184. The van der Waals surface area contributed by atoms with E-state index in [4.69, 9.17) is 9.47 Å². The lowest BCUT2D eigenvalue weighted by Crippen LogP contribution is -2.30. The van der Waals surface area contributed by atoms with Crippen molar-refractivity contribution < 1.29 is 14.3 Å². The van der Waals surface area contributed by atoms with Crippen LogP contribution < -0.4 is 20.1 Å².